The van der Waals surface area contributed by atoms with E-state index in [4.69, 9.17) is 4.42 Å². The highest BCUT2D eigenvalue weighted by atomic mass is 19.4. The van der Waals surface area contributed by atoms with Gasteiger partial charge in [0.15, 0.2) is 5.76 Å². The summed E-state index contributed by atoms with van der Waals surface area (Å²) in [7, 11) is 0. The molecular weight excluding hydrogens is 347 g/mol. The van der Waals surface area contributed by atoms with Gasteiger partial charge in [0, 0.05) is 18.3 Å². The third-order valence-electron chi connectivity index (χ3n) is 3.57. The molecule has 1 aromatic carbocycles. The van der Waals surface area contributed by atoms with Gasteiger partial charge in [-0.05, 0) is 30.3 Å². The van der Waals surface area contributed by atoms with Gasteiger partial charge < -0.3 is 15.1 Å². The Morgan fingerprint density at radius 3 is 2.62 bits per heavy atom. The predicted molar refractivity (Wildman–Crippen MR) is 89.2 cm³/mol. The molecule has 0 atom stereocenters. The molecule has 5 nitrogen and oxygen atoms in total. The number of benzene rings is 1. The fourth-order valence-corrected chi connectivity index (χ4v) is 2.40. The summed E-state index contributed by atoms with van der Waals surface area (Å²) in [5, 5.41) is 4.76. The van der Waals surface area contributed by atoms with Gasteiger partial charge in [0.2, 0.25) is 0 Å². The van der Waals surface area contributed by atoms with Gasteiger partial charge in [-0.1, -0.05) is 18.2 Å². The molecule has 0 aliphatic rings. The van der Waals surface area contributed by atoms with Crippen molar-refractivity contribution in [3.63, 3.8) is 0 Å². The molecule has 0 aliphatic heterocycles. The number of anilines is 1. The Hall–Kier alpha value is -3.29. The zero-order valence-corrected chi connectivity index (χ0v) is 13.4. The number of hydrogen-bond donors (Lipinski definition) is 2. The van der Waals surface area contributed by atoms with Crippen LogP contribution in [-0.4, -0.2) is 11.0 Å². The maximum Gasteiger partial charge on any atom is 0.418 e. The summed E-state index contributed by atoms with van der Waals surface area (Å²) in [4.78, 5) is 16.2. The summed E-state index contributed by atoms with van der Waals surface area (Å²) in [6.45, 7) is 0.0733. The second-order valence-electron chi connectivity index (χ2n) is 5.34. The zero-order chi connectivity index (χ0) is 18.6. The lowest BCUT2D eigenvalue weighted by Crippen LogP contribution is -2.29. The number of aromatic nitrogens is 1. The van der Waals surface area contributed by atoms with E-state index in [1.807, 2.05) is 0 Å². The Kier molecular flexibility index (Phi) is 4.92. The summed E-state index contributed by atoms with van der Waals surface area (Å²) in [5.74, 6) is 0.533. The molecule has 0 unspecified atom stereocenters. The predicted octanol–water partition coefficient (Wildman–Crippen LogP) is 4.68. The molecule has 134 valence electrons. The van der Waals surface area contributed by atoms with Crippen LogP contribution < -0.4 is 10.6 Å². The molecule has 3 rings (SSSR count). The number of carbonyl (C=O) groups excluding carboxylic acids is 1. The molecule has 8 heteroatoms. The SMILES string of the molecule is O=C(NCc1cccnc1-c1ccco1)Nc1ccccc1C(F)(F)F. The molecule has 0 aliphatic carbocycles. The number of nitrogens with zero attached hydrogens (tertiary/aromatic N) is 1. The lowest BCUT2D eigenvalue weighted by Gasteiger charge is -2.14. The Labute approximate surface area is 146 Å². The molecule has 0 radical (unpaired) electrons. The van der Waals surface area contributed by atoms with E-state index in [0.29, 0.717) is 17.0 Å². The third kappa shape index (κ3) is 4.02. The van der Waals surface area contributed by atoms with E-state index in [0.717, 1.165) is 6.07 Å². The number of pyridine rings is 1. The number of alkyl halides is 3. The maximum atomic E-state index is 13.0. The molecule has 0 spiro atoms. The maximum absolute atomic E-state index is 13.0. The average molecular weight is 361 g/mol. The van der Waals surface area contributed by atoms with Crippen molar-refractivity contribution in [2.45, 2.75) is 12.7 Å². The number of furan rings is 1. The van der Waals surface area contributed by atoms with E-state index in [1.165, 1.54) is 24.5 Å². The van der Waals surface area contributed by atoms with Crippen molar-refractivity contribution in [3.05, 3.63) is 72.1 Å². The lowest BCUT2D eigenvalue weighted by molar-refractivity contribution is -0.136. The standard InChI is InChI=1S/C18H14F3N3O2/c19-18(20,21)13-6-1-2-7-14(13)24-17(25)23-11-12-5-3-9-22-16(12)15-8-4-10-26-15/h1-10H,11H2,(H2,23,24,25). The van der Waals surface area contributed by atoms with Gasteiger partial charge in [-0.2, -0.15) is 13.2 Å². The fourth-order valence-electron chi connectivity index (χ4n) is 2.40. The van der Waals surface area contributed by atoms with Crippen LogP contribution in [0.4, 0.5) is 23.7 Å². The highest BCUT2D eigenvalue weighted by Crippen LogP contribution is 2.34. The van der Waals surface area contributed by atoms with Crippen LogP contribution in [0, 0.1) is 0 Å². The average Bonchev–Trinajstić information content (AvgIpc) is 3.14. The molecule has 3 aromatic rings. The summed E-state index contributed by atoms with van der Waals surface area (Å²) >= 11 is 0. The minimum Gasteiger partial charge on any atom is -0.463 e. The van der Waals surface area contributed by atoms with Crippen LogP contribution in [0.25, 0.3) is 11.5 Å². The summed E-state index contributed by atoms with van der Waals surface area (Å²) in [5.41, 5.74) is -0.00190. The number of nitrogens with one attached hydrogen (secondary N) is 2. The van der Waals surface area contributed by atoms with E-state index in [2.05, 4.69) is 15.6 Å². The van der Waals surface area contributed by atoms with E-state index in [-0.39, 0.29) is 12.2 Å². The first-order chi connectivity index (χ1) is 12.4. The highest BCUT2D eigenvalue weighted by molar-refractivity contribution is 5.90. The van der Waals surface area contributed by atoms with E-state index in [1.54, 1.807) is 30.5 Å². The van der Waals surface area contributed by atoms with Crippen molar-refractivity contribution in [2.24, 2.45) is 0 Å². The Morgan fingerprint density at radius 2 is 1.88 bits per heavy atom. The van der Waals surface area contributed by atoms with Gasteiger partial charge in [0.1, 0.15) is 5.69 Å². The van der Waals surface area contributed by atoms with E-state index < -0.39 is 17.8 Å². The number of carbonyl (C=O) groups is 1. The van der Waals surface area contributed by atoms with Crippen LogP contribution in [0.5, 0.6) is 0 Å². The van der Waals surface area contributed by atoms with Crippen molar-refractivity contribution < 1.29 is 22.4 Å². The second-order valence-corrected chi connectivity index (χ2v) is 5.34. The number of para-hydroxylation sites is 1. The largest absolute Gasteiger partial charge is 0.463 e. The zero-order valence-electron chi connectivity index (χ0n) is 13.4. The van der Waals surface area contributed by atoms with Gasteiger partial charge in [0.05, 0.1) is 17.5 Å². The van der Waals surface area contributed by atoms with Gasteiger partial charge in [-0.3, -0.25) is 4.98 Å². The number of rotatable bonds is 4. The normalized spacial score (nSPS) is 11.2. The van der Waals surface area contributed by atoms with Gasteiger partial charge >= 0.3 is 12.2 Å². The highest BCUT2D eigenvalue weighted by Gasteiger charge is 2.33. The van der Waals surface area contributed by atoms with Crippen molar-refractivity contribution in [1.29, 1.82) is 0 Å². The molecule has 0 saturated heterocycles. The van der Waals surface area contributed by atoms with Crippen LogP contribution >= 0.6 is 0 Å². The fraction of sp³-hybridized carbons (Fsp3) is 0.111. The molecule has 0 saturated carbocycles. The quantitative estimate of drug-likeness (QED) is 0.709. The van der Waals surface area contributed by atoms with Gasteiger partial charge in [-0.15, -0.1) is 0 Å². The summed E-state index contributed by atoms with van der Waals surface area (Å²) in [6.07, 6.45) is -1.47. The Balaban J connectivity index is 1.70. The van der Waals surface area contributed by atoms with Gasteiger partial charge in [0.25, 0.3) is 0 Å². The molecule has 2 N–H and O–H groups in total. The number of hydrogen-bond acceptors (Lipinski definition) is 3. The van der Waals surface area contributed by atoms with Gasteiger partial charge in [-0.25, -0.2) is 4.79 Å². The topological polar surface area (TPSA) is 67.2 Å². The first-order valence-electron chi connectivity index (χ1n) is 7.64. The van der Waals surface area contributed by atoms with Crippen molar-refractivity contribution in [1.82, 2.24) is 10.3 Å². The molecule has 26 heavy (non-hydrogen) atoms. The monoisotopic (exact) mass is 361 g/mol. The Morgan fingerprint density at radius 1 is 1.08 bits per heavy atom. The summed E-state index contributed by atoms with van der Waals surface area (Å²) in [6, 6.07) is 10.9. The second kappa shape index (κ2) is 7.30. The van der Waals surface area contributed by atoms with Crippen LogP contribution in [0.1, 0.15) is 11.1 Å². The van der Waals surface area contributed by atoms with Crippen LogP contribution in [0.2, 0.25) is 0 Å². The van der Waals surface area contributed by atoms with E-state index >= 15 is 0 Å². The van der Waals surface area contributed by atoms with Crippen LogP contribution in [-0.2, 0) is 12.7 Å². The molecule has 2 aromatic heterocycles. The molecule has 2 amide bonds. The summed E-state index contributed by atoms with van der Waals surface area (Å²) < 4.78 is 44.2. The lowest BCUT2D eigenvalue weighted by atomic mass is 10.1. The Bertz CT molecular complexity index is 893. The van der Waals surface area contributed by atoms with Crippen LogP contribution in [0.15, 0.2) is 65.4 Å². The smallest absolute Gasteiger partial charge is 0.418 e. The molecule has 2 heterocycles. The van der Waals surface area contributed by atoms with Crippen molar-refractivity contribution >= 4 is 11.7 Å². The number of amides is 2. The van der Waals surface area contributed by atoms with Crippen LogP contribution in [0.3, 0.4) is 0 Å². The minimum absolute atomic E-state index is 0.0733. The van der Waals surface area contributed by atoms with Crippen molar-refractivity contribution in [2.75, 3.05) is 5.32 Å². The first-order valence-corrected chi connectivity index (χ1v) is 7.64. The third-order valence-corrected chi connectivity index (χ3v) is 3.57. The van der Waals surface area contributed by atoms with E-state index in [9.17, 15) is 18.0 Å². The number of urea groups is 1. The van der Waals surface area contributed by atoms with Crippen molar-refractivity contribution in [3.8, 4) is 11.5 Å². The molecular formula is C18H14F3N3O2. The number of halogens is 3. The first kappa shape index (κ1) is 17.5. The minimum atomic E-state index is -4.56. The molecule has 0 bridgehead atoms. The molecule has 0 fully saturated rings.